The molecule has 2 N–H and O–H groups in total. The lowest BCUT2D eigenvalue weighted by molar-refractivity contribution is 0.0203. The van der Waals surface area contributed by atoms with Crippen molar-refractivity contribution in [1.29, 1.82) is 0 Å². The van der Waals surface area contributed by atoms with Crippen LogP contribution in [0.4, 0.5) is 0 Å². The summed E-state index contributed by atoms with van der Waals surface area (Å²) >= 11 is 0. The molecule has 0 bridgehead atoms. The number of pyridine rings is 1. The maximum atomic E-state index is 5.79. The van der Waals surface area contributed by atoms with E-state index in [1.54, 1.807) is 13.3 Å². The second-order valence-electron chi connectivity index (χ2n) is 6.31. The van der Waals surface area contributed by atoms with Gasteiger partial charge in [0.05, 0.1) is 13.7 Å². The van der Waals surface area contributed by atoms with Crippen LogP contribution >= 0.6 is 0 Å². The predicted octanol–water partition coefficient (Wildman–Crippen LogP) is 1.98. The highest BCUT2D eigenvalue weighted by atomic mass is 16.5. The minimum atomic E-state index is 0.576. The lowest BCUT2D eigenvalue weighted by Crippen LogP contribution is -2.38. The van der Waals surface area contributed by atoms with Crippen LogP contribution in [0, 0.1) is 5.92 Å². The van der Waals surface area contributed by atoms with Crippen LogP contribution in [-0.2, 0) is 16.0 Å². The number of ether oxygens (including phenoxy) is 3. The zero-order valence-electron chi connectivity index (χ0n) is 16.0. The molecule has 0 unspecified atom stereocenters. The number of methoxy groups -OCH3 is 1. The summed E-state index contributed by atoms with van der Waals surface area (Å²) in [5.41, 5.74) is 1.04. The highest BCUT2D eigenvalue weighted by Crippen LogP contribution is 2.14. The topological polar surface area (TPSA) is 77.0 Å². The van der Waals surface area contributed by atoms with Gasteiger partial charge in [-0.2, -0.15) is 0 Å². The molecule has 0 spiro atoms. The summed E-state index contributed by atoms with van der Waals surface area (Å²) in [6, 6.07) is 3.82. The third kappa shape index (κ3) is 8.01. The van der Waals surface area contributed by atoms with E-state index in [4.69, 9.17) is 14.2 Å². The van der Waals surface area contributed by atoms with E-state index in [0.29, 0.717) is 18.3 Å². The summed E-state index contributed by atoms with van der Waals surface area (Å²) in [7, 11) is 1.61. The van der Waals surface area contributed by atoms with Crippen molar-refractivity contribution in [3.63, 3.8) is 0 Å². The van der Waals surface area contributed by atoms with E-state index in [1.807, 2.05) is 12.1 Å². The Morgan fingerprint density at radius 1 is 1.31 bits per heavy atom. The van der Waals surface area contributed by atoms with Gasteiger partial charge in [0.1, 0.15) is 0 Å². The molecule has 2 heterocycles. The molecule has 26 heavy (non-hydrogen) atoms. The van der Waals surface area contributed by atoms with Crippen LogP contribution in [0.3, 0.4) is 0 Å². The van der Waals surface area contributed by atoms with Crippen LogP contribution in [0.2, 0.25) is 0 Å². The SMILES string of the molecule is CCNC(=NCc1ccc(OC)nc1)NCCCOCC1CCOCC1. The van der Waals surface area contributed by atoms with Crippen molar-refractivity contribution in [2.24, 2.45) is 10.9 Å². The molecule has 0 atom stereocenters. The van der Waals surface area contributed by atoms with E-state index in [9.17, 15) is 0 Å². The lowest BCUT2D eigenvalue weighted by atomic mass is 10.0. The third-order valence-corrected chi connectivity index (χ3v) is 4.22. The van der Waals surface area contributed by atoms with Gasteiger partial charge < -0.3 is 24.8 Å². The molecule has 0 aromatic carbocycles. The van der Waals surface area contributed by atoms with Crippen molar-refractivity contribution in [2.45, 2.75) is 32.7 Å². The Bertz CT molecular complexity index is 516. The van der Waals surface area contributed by atoms with Gasteiger partial charge in [-0.25, -0.2) is 9.98 Å². The van der Waals surface area contributed by atoms with Gasteiger partial charge in [-0.3, -0.25) is 0 Å². The van der Waals surface area contributed by atoms with E-state index >= 15 is 0 Å². The third-order valence-electron chi connectivity index (χ3n) is 4.22. The van der Waals surface area contributed by atoms with Gasteiger partial charge in [-0.15, -0.1) is 0 Å². The molecule has 1 aliphatic heterocycles. The fourth-order valence-electron chi connectivity index (χ4n) is 2.68. The number of nitrogens with one attached hydrogen (secondary N) is 2. The van der Waals surface area contributed by atoms with Crippen LogP contribution in [0.5, 0.6) is 5.88 Å². The molecule has 1 aromatic heterocycles. The van der Waals surface area contributed by atoms with Crippen molar-refractivity contribution < 1.29 is 14.2 Å². The van der Waals surface area contributed by atoms with Crippen molar-refractivity contribution >= 4 is 5.96 Å². The van der Waals surface area contributed by atoms with E-state index in [0.717, 1.165) is 70.3 Å². The van der Waals surface area contributed by atoms with Crippen LogP contribution < -0.4 is 15.4 Å². The van der Waals surface area contributed by atoms with Gasteiger partial charge in [-0.1, -0.05) is 6.07 Å². The average Bonchev–Trinajstić information content (AvgIpc) is 2.69. The molecule has 0 saturated carbocycles. The molecule has 1 aromatic rings. The minimum Gasteiger partial charge on any atom is -0.481 e. The monoisotopic (exact) mass is 364 g/mol. The summed E-state index contributed by atoms with van der Waals surface area (Å²) in [5.74, 6) is 2.09. The number of hydrogen-bond donors (Lipinski definition) is 2. The van der Waals surface area contributed by atoms with Crippen LogP contribution in [0.1, 0.15) is 31.7 Å². The van der Waals surface area contributed by atoms with Gasteiger partial charge in [0.25, 0.3) is 0 Å². The maximum Gasteiger partial charge on any atom is 0.212 e. The fraction of sp³-hybridized carbons (Fsp3) is 0.684. The lowest BCUT2D eigenvalue weighted by Gasteiger charge is -2.21. The first kappa shape index (κ1) is 20.5. The standard InChI is InChI=1S/C19H32N4O3/c1-3-20-19(23-14-17-5-6-18(24-2)22-13-17)21-9-4-10-26-15-16-7-11-25-12-8-16/h5-6,13,16H,3-4,7-12,14-15H2,1-2H3,(H2,20,21,23). The number of aliphatic imine (C=N–C) groups is 1. The first-order valence-corrected chi connectivity index (χ1v) is 9.48. The van der Waals surface area contributed by atoms with E-state index in [-0.39, 0.29) is 0 Å². The Morgan fingerprint density at radius 3 is 2.85 bits per heavy atom. The maximum absolute atomic E-state index is 5.79. The molecule has 7 heteroatoms. The highest BCUT2D eigenvalue weighted by Gasteiger charge is 2.13. The first-order chi connectivity index (χ1) is 12.8. The van der Waals surface area contributed by atoms with E-state index in [2.05, 4.69) is 27.5 Å². The van der Waals surface area contributed by atoms with E-state index < -0.39 is 0 Å². The quantitative estimate of drug-likeness (QED) is 0.376. The minimum absolute atomic E-state index is 0.576. The molecular formula is C19H32N4O3. The largest absolute Gasteiger partial charge is 0.481 e. The summed E-state index contributed by atoms with van der Waals surface area (Å²) in [4.78, 5) is 8.79. The van der Waals surface area contributed by atoms with Crippen molar-refractivity contribution in [1.82, 2.24) is 15.6 Å². The molecule has 0 amide bonds. The molecule has 1 aliphatic rings. The molecule has 0 aliphatic carbocycles. The Balaban J connectivity index is 1.63. The Morgan fingerprint density at radius 2 is 2.15 bits per heavy atom. The number of rotatable bonds is 10. The average molecular weight is 364 g/mol. The summed E-state index contributed by atoms with van der Waals surface area (Å²) in [6.45, 7) is 7.67. The molecule has 1 fully saturated rings. The zero-order valence-corrected chi connectivity index (χ0v) is 16.0. The van der Waals surface area contributed by atoms with Gasteiger partial charge >= 0.3 is 0 Å². The van der Waals surface area contributed by atoms with Gasteiger partial charge in [0.15, 0.2) is 5.96 Å². The number of nitrogens with zero attached hydrogens (tertiary/aromatic N) is 2. The van der Waals surface area contributed by atoms with Gasteiger partial charge in [0.2, 0.25) is 5.88 Å². The van der Waals surface area contributed by atoms with Crippen LogP contribution in [-0.4, -0.2) is 57.6 Å². The summed E-state index contributed by atoms with van der Waals surface area (Å²) in [6.07, 6.45) is 4.99. The Kier molecular flexibility index (Phi) is 9.82. The molecule has 1 saturated heterocycles. The summed E-state index contributed by atoms with van der Waals surface area (Å²) < 4.78 is 16.2. The van der Waals surface area contributed by atoms with Crippen molar-refractivity contribution in [3.05, 3.63) is 23.9 Å². The second-order valence-corrected chi connectivity index (χ2v) is 6.31. The smallest absolute Gasteiger partial charge is 0.212 e. The van der Waals surface area contributed by atoms with Crippen LogP contribution in [0.15, 0.2) is 23.3 Å². The molecule has 7 nitrogen and oxygen atoms in total. The molecule has 146 valence electrons. The Labute approximate surface area is 156 Å². The van der Waals surface area contributed by atoms with Crippen molar-refractivity contribution in [3.8, 4) is 5.88 Å². The Hall–Kier alpha value is -1.86. The van der Waals surface area contributed by atoms with E-state index in [1.165, 1.54) is 0 Å². The zero-order chi connectivity index (χ0) is 18.5. The number of hydrogen-bond acceptors (Lipinski definition) is 5. The number of guanidine groups is 1. The second kappa shape index (κ2) is 12.5. The molecule has 0 radical (unpaired) electrons. The normalized spacial score (nSPS) is 15.7. The molecular weight excluding hydrogens is 332 g/mol. The highest BCUT2D eigenvalue weighted by molar-refractivity contribution is 5.79. The van der Waals surface area contributed by atoms with Crippen LogP contribution in [0.25, 0.3) is 0 Å². The first-order valence-electron chi connectivity index (χ1n) is 9.48. The van der Waals surface area contributed by atoms with Gasteiger partial charge in [-0.05, 0) is 37.7 Å². The summed E-state index contributed by atoms with van der Waals surface area (Å²) in [5, 5.41) is 6.60. The number of aromatic nitrogens is 1. The van der Waals surface area contributed by atoms with Crippen molar-refractivity contribution in [2.75, 3.05) is 46.6 Å². The fourth-order valence-corrected chi connectivity index (χ4v) is 2.68. The van der Waals surface area contributed by atoms with Gasteiger partial charge in [0, 0.05) is 51.8 Å². The molecule has 2 rings (SSSR count). The predicted molar refractivity (Wildman–Crippen MR) is 103 cm³/mol.